The van der Waals surface area contributed by atoms with E-state index in [0.717, 1.165) is 12.8 Å². The molecule has 0 aromatic rings. The molecule has 0 aromatic heterocycles. The van der Waals surface area contributed by atoms with Crippen molar-refractivity contribution in [3.8, 4) is 0 Å². The third-order valence-corrected chi connectivity index (χ3v) is 4.57. The first-order valence-electron chi connectivity index (χ1n) is 7.76. The van der Waals surface area contributed by atoms with Crippen LogP contribution in [-0.2, 0) is 19.1 Å². The Morgan fingerprint density at radius 2 is 2.05 bits per heavy atom. The number of hydrogen-bond donors (Lipinski definition) is 1. The maximum absolute atomic E-state index is 12.8. The van der Waals surface area contributed by atoms with Crippen molar-refractivity contribution in [1.29, 1.82) is 0 Å². The van der Waals surface area contributed by atoms with Gasteiger partial charge in [0.1, 0.15) is 12.6 Å². The molecule has 1 N–H and O–H groups in total. The van der Waals surface area contributed by atoms with Crippen molar-refractivity contribution < 1.29 is 19.1 Å². The van der Waals surface area contributed by atoms with Crippen molar-refractivity contribution in [3.05, 3.63) is 0 Å². The number of carbonyl (C=O) groups excluding carboxylic acids is 3. The Kier molecular flexibility index (Phi) is 5.52. The highest BCUT2D eigenvalue weighted by Gasteiger charge is 2.43. The van der Waals surface area contributed by atoms with E-state index in [2.05, 4.69) is 5.32 Å². The van der Waals surface area contributed by atoms with Gasteiger partial charge in [0.2, 0.25) is 11.8 Å². The summed E-state index contributed by atoms with van der Waals surface area (Å²) in [6, 6.07) is -0.931. The maximum Gasteiger partial charge on any atom is 0.248 e. The summed E-state index contributed by atoms with van der Waals surface area (Å²) in [5, 5.41) is 2.98. The van der Waals surface area contributed by atoms with Crippen LogP contribution in [0.15, 0.2) is 0 Å². The second kappa shape index (κ2) is 7.19. The number of nitrogens with one attached hydrogen (secondary N) is 1. The van der Waals surface area contributed by atoms with Crippen LogP contribution < -0.4 is 5.32 Å². The van der Waals surface area contributed by atoms with Crippen LogP contribution in [0.25, 0.3) is 0 Å². The molecule has 7 nitrogen and oxygen atoms in total. The van der Waals surface area contributed by atoms with Gasteiger partial charge in [-0.1, -0.05) is 0 Å². The predicted octanol–water partition coefficient (Wildman–Crippen LogP) is -0.598. The molecule has 2 rings (SSSR count). The van der Waals surface area contributed by atoms with E-state index in [9.17, 15) is 14.4 Å². The van der Waals surface area contributed by atoms with E-state index in [4.69, 9.17) is 4.74 Å². The highest BCUT2D eigenvalue weighted by molar-refractivity contribution is 5.91. The molecule has 3 atom stereocenters. The van der Waals surface area contributed by atoms with E-state index in [1.165, 1.54) is 14.0 Å². The van der Waals surface area contributed by atoms with Gasteiger partial charge in [-0.2, -0.15) is 0 Å². The zero-order valence-electron chi connectivity index (χ0n) is 13.5. The number of rotatable bonds is 4. The Balaban J connectivity index is 2.28. The van der Waals surface area contributed by atoms with Crippen LogP contribution in [0.1, 0.15) is 26.2 Å². The van der Waals surface area contributed by atoms with Gasteiger partial charge in [-0.05, 0) is 33.2 Å². The lowest BCUT2D eigenvalue weighted by atomic mass is 9.93. The minimum atomic E-state index is -0.481. The summed E-state index contributed by atoms with van der Waals surface area (Å²) in [6.45, 7) is 2.33. The van der Waals surface area contributed by atoms with Gasteiger partial charge in [0, 0.05) is 20.2 Å². The number of ketones is 1. The highest BCUT2D eigenvalue weighted by atomic mass is 16.5. The fourth-order valence-electron chi connectivity index (χ4n) is 3.43. The monoisotopic (exact) mass is 311 g/mol. The number of carbonyl (C=O) groups is 3. The minimum Gasteiger partial charge on any atom is -0.375 e. The number of piperidine rings is 1. The molecule has 2 fully saturated rings. The van der Waals surface area contributed by atoms with Crippen LogP contribution in [0.4, 0.5) is 0 Å². The van der Waals surface area contributed by atoms with Gasteiger partial charge in [0.25, 0.3) is 0 Å². The first-order chi connectivity index (χ1) is 10.5. The van der Waals surface area contributed by atoms with Crippen molar-refractivity contribution in [2.24, 2.45) is 0 Å². The van der Waals surface area contributed by atoms with Gasteiger partial charge < -0.3 is 19.9 Å². The summed E-state index contributed by atoms with van der Waals surface area (Å²) in [5.41, 5.74) is 0. The number of hydrogen-bond acceptors (Lipinski definition) is 5. The van der Waals surface area contributed by atoms with Gasteiger partial charge in [0.05, 0.1) is 12.1 Å². The smallest absolute Gasteiger partial charge is 0.248 e. The molecule has 1 unspecified atom stereocenters. The molecule has 7 heteroatoms. The van der Waals surface area contributed by atoms with Gasteiger partial charge in [-0.3, -0.25) is 14.4 Å². The SMILES string of the molecule is CNC1CN(C(=O)COC)C[C@H]2CCC[C@@H](C(C)=O)N2C1=O. The molecular weight excluding hydrogens is 286 g/mol. The number of amides is 2. The molecule has 0 radical (unpaired) electrons. The highest BCUT2D eigenvalue weighted by Crippen LogP contribution is 2.27. The quantitative estimate of drug-likeness (QED) is 0.750. The van der Waals surface area contributed by atoms with Crippen molar-refractivity contribution in [2.45, 2.75) is 44.3 Å². The Morgan fingerprint density at radius 1 is 1.32 bits per heavy atom. The topological polar surface area (TPSA) is 79.0 Å². The summed E-state index contributed by atoms with van der Waals surface area (Å²) in [5.74, 6) is -0.188. The Morgan fingerprint density at radius 3 is 2.64 bits per heavy atom. The molecule has 2 aliphatic rings. The van der Waals surface area contributed by atoms with Crippen LogP contribution >= 0.6 is 0 Å². The molecule has 2 amide bonds. The van der Waals surface area contributed by atoms with E-state index in [1.54, 1.807) is 16.8 Å². The van der Waals surface area contributed by atoms with Crippen molar-refractivity contribution in [1.82, 2.24) is 15.1 Å². The van der Waals surface area contributed by atoms with E-state index >= 15 is 0 Å². The number of ether oxygens (including phenoxy) is 1. The fraction of sp³-hybridized carbons (Fsp3) is 0.800. The standard InChI is InChI=1S/C15H25N3O4/c1-10(19)13-6-4-5-11-7-17(14(20)9-22-3)8-12(16-2)15(21)18(11)13/h11-13,16H,4-9H2,1-3H3/t11-,12?,13+/m1/s1. The first-order valence-corrected chi connectivity index (χ1v) is 7.76. The maximum atomic E-state index is 12.8. The Bertz CT molecular complexity index is 454. The van der Waals surface area contributed by atoms with E-state index in [1.807, 2.05) is 0 Å². The Hall–Kier alpha value is -1.47. The van der Waals surface area contributed by atoms with Gasteiger partial charge in [-0.25, -0.2) is 0 Å². The number of likely N-dealkylation sites (N-methyl/N-ethyl adjacent to an activating group) is 1. The van der Waals surface area contributed by atoms with E-state index in [0.29, 0.717) is 19.5 Å². The molecule has 0 spiro atoms. The number of fused-ring (bicyclic) bond motifs is 1. The fourth-order valence-corrected chi connectivity index (χ4v) is 3.43. The minimum absolute atomic E-state index is 0.00742. The molecule has 0 aromatic carbocycles. The number of nitrogens with zero attached hydrogens (tertiary/aromatic N) is 2. The van der Waals surface area contributed by atoms with Crippen molar-refractivity contribution in [2.75, 3.05) is 33.9 Å². The van der Waals surface area contributed by atoms with E-state index < -0.39 is 6.04 Å². The molecular formula is C15H25N3O4. The lowest BCUT2D eigenvalue weighted by Crippen LogP contribution is -2.57. The van der Waals surface area contributed by atoms with Crippen LogP contribution in [0.3, 0.4) is 0 Å². The largest absolute Gasteiger partial charge is 0.375 e. The van der Waals surface area contributed by atoms with Crippen LogP contribution in [0.5, 0.6) is 0 Å². The third kappa shape index (κ3) is 3.30. The van der Waals surface area contributed by atoms with Crippen LogP contribution in [-0.4, -0.2) is 79.4 Å². The normalized spacial score (nSPS) is 29.0. The number of methoxy groups -OCH3 is 1. The van der Waals surface area contributed by atoms with Crippen molar-refractivity contribution >= 4 is 17.6 Å². The predicted molar refractivity (Wildman–Crippen MR) is 80.3 cm³/mol. The molecule has 0 saturated carbocycles. The summed E-state index contributed by atoms with van der Waals surface area (Å²) < 4.78 is 4.92. The zero-order valence-corrected chi connectivity index (χ0v) is 13.5. The van der Waals surface area contributed by atoms with Gasteiger partial charge in [0.15, 0.2) is 5.78 Å². The lowest BCUT2D eigenvalue weighted by molar-refractivity contribution is -0.144. The molecule has 124 valence electrons. The summed E-state index contributed by atoms with van der Waals surface area (Å²) in [6.07, 6.45) is 2.43. The first kappa shape index (κ1) is 16.9. The molecule has 0 bridgehead atoms. The second-order valence-corrected chi connectivity index (χ2v) is 6.03. The van der Waals surface area contributed by atoms with Crippen molar-refractivity contribution in [3.63, 3.8) is 0 Å². The lowest BCUT2D eigenvalue weighted by Gasteiger charge is -2.41. The van der Waals surface area contributed by atoms with E-state index in [-0.39, 0.29) is 36.3 Å². The van der Waals surface area contributed by atoms with Crippen LogP contribution in [0, 0.1) is 0 Å². The second-order valence-electron chi connectivity index (χ2n) is 6.03. The summed E-state index contributed by atoms with van der Waals surface area (Å²) in [7, 11) is 3.18. The summed E-state index contributed by atoms with van der Waals surface area (Å²) in [4.78, 5) is 40.3. The molecule has 22 heavy (non-hydrogen) atoms. The molecule has 0 aliphatic carbocycles. The average Bonchev–Trinajstić information content (AvgIpc) is 2.64. The van der Waals surface area contributed by atoms with Crippen LogP contribution in [0.2, 0.25) is 0 Å². The molecule has 2 heterocycles. The average molecular weight is 311 g/mol. The van der Waals surface area contributed by atoms with Gasteiger partial charge >= 0.3 is 0 Å². The van der Waals surface area contributed by atoms with Gasteiger partial charge in [-0.15, -0.1) is 0 Å². The zero-order chi connectivity index (χ0) is 16.3. The molecule has 2 saturated heterocycles. The molecule has 2 aliphatic heterocycles. The summed E-state index contributed by atoms with van der Waals surface area (Å²) >= 11 is 0. The number of Topliss-reactive ketones (excluding diaryl/α,β-unsaturated/α-hetero) is 1. The third-order valence-electron chi connectivity index (χ3n) is 4.57. The Labute approximate surface area is 131 Å².